The Morgan fingerprint density at radius 2 is 2.17 bits per heavy atom. The number of rotatable bonds is 4. The standard InChI is InChI=1S/C11H14F2N2O2S/c12-8-3-4-11(10(13)6-8)18(16,17)15-7-9-2-1-5-14-9/h3-4,6,9,14-15H,1-2,5,7H2. The van der Waals surface area contributed by atoms with Crippen LogP contribution in [0, 0.1) is 11.6 Å². The van der Waals surface area contributed by atoms with Crippen molar-refractivity contribution < 1.29 is 17.2 Å². The smallest absolute Gasteiger partial charge is 0.243 e. The largest absolute Gasteiger partial charge is 0.313 e. The normalized spacial score (nSPS) is 20.2. The zero-order valence-electron chi connectivity index (χ0n) is 9.62. The summed E-state index contributed by atoms with van der Waals surface area (Å²) >= 11 is 0. The minimum absolute atomic E-state index is 0.0725. The maximum Gasteiger partial charge on any atom is 0.243 e. The lowest BCUT2D eigenvalue weighted by Gasteiger charge is -2.12. The molecule has 1 unspecified atom stereocenters. The van der Waals surface area contributed by atoms with Gasteiger partial charge in [-0.2, -0.15) is 0 Å². The molecule has 100 valence electrons. The summed E-state index contributed by atoms with van der Waals surface area (Å²) in [4.78, 5) is -0.526. The van der Waals surface area contributed by atoms with Gasteiger partial charge in [0.2, 0.25) is 10.0 Å². The molecule has 0 radical (unpaired) electrons. The maximum atomic E-state index is 13.4. The van der Waals surface area contributed by atoms with Gasteiger partial charge < -0.3 is 5.32 Å². The number of halogens is 2. The van der Waals surface area contributed by atoms with Crippen LogP contribution in [0.3, 0.4) is 0 Å². The highest BCUT2D eigenvalue weighted by molar-refractivity contribution is 7.89. The van der Waals surface area contributed by atoms with Crippen LogP contribution in [0.4, 0.5) is 8.78 Å². The predicted molar refractivity (Wildman–Crippen MR) is 62.6 cm³/mol. The molecular weight excluding hydrogens is 262 g/mol. The fourth-order valence-corrected chi connectivity index (χ4v) is 3.05. The predicted octanol–water partition coefficient (Wildman–Crippen LogP) is 0.995. The zero-order chi connectivity index (χ0) is 13.2. The highest BCUT2D eigenvalue weighted by atomic mass is 32.2. The highest BCUT2D eigenvalue weighted by Crippen LogP contribution is 2.15. The van der Waals surface area contributed by atoms with E-state index >= 15 is 0 Å². The van der Waals surface area contributed by atoms with E-state index in [1.807, 2.05) is 0 Å². The summed E-state index contributed by atoms with van der Waals surface area (Å²) < 4.78 is 52.0. The first-order valence-corrected chi connectivity index (χ1v) is 7.15. The van der Waals surface area contributed by atoms with Crippen molar-refractivity contribution in [1.82, 2.24) is 10.0 Å². The SMILES string of the molecule is O=S(=O)(NCC1CCCN1)c1ccc(F)cc1F. The van der Waals surface area contributed by atoms with Crippen LogP contribution >= 0.6 is 0 Å². The Hall–Kier alpha value is -1.05. The van der Waals surface area contributed by atoms with Crippen molar-refractivity contribution in [3.8, 4) is 0 Å². The molecule has 0 spiro atoms. The molecule has 0 aromatic heterocycles. The monoisotopic (exact) mass is 276 g/mol. The van der Waals surface area contributed by atoms with Crippen molar-refractivity contribution in [3.63, 3.8) is 0 Å². The first-order valence-electron chi connectivity index (χ1n) is 5.67. The lowest BCUT2D eigenvalue weighted by Crippen LogP contribution is -2.37. The molecule has 2 rings (SSSR count). The van der Waals surface area contributed by atoms with Gasteiger partial charge in [-0.05, 0) is 31.5 Å². The van der Waals surface area contributed by atoms with Crippen LogP contribution in [0.1, 0.15) is 12.8 Å². The van der Waals surface area contributed by atoms with E-state index in [0.29, 0.717) is 6.07 Å². The average Bonchev–Trinajstić information content (AvgIpc) is 2.78. The minimum Gasteiger partial charge on any atom is -0.313 e. The van der Waals surface area contributed by atoms with Gasteiger partial charge in [-0.25, -0.2) is 21.9 Å². The van der Waals surface area contributed by atoms with Crippen LogP contribution in [0.5, 0.6) is 0 Å². The zero-order valence-corrected chi connectivity index (χ0v) is 10.4. The first kappa shape index (κ1) is 13.4. The van der Waals surface area contributed by atoms with Gasteiger partial charge in [-0.15, -0.1) is 0 Å². The quantitative estimate of drug-likeness (QED) is 0.862. The van der Waals surface area contributed by atoms with Crippen molar-refractivity contribution in [2.24, 2.45) is 0 Å². The molecule has 1 aromatic carbocycles. The maximum absolute atomic E-state index is 13.4. The summed E-state index contributed by atoms with van der Waals surface area (Å²) in [5.74, 6) is -1.88. The van der Waals surface area contributed by atoms with E-state index in [1.54, 1.807) is 0 Å². The molecule has 1 heterocycles. The number of nitrogens with one attached hydrogen (secondary N) is 2. The molecule has 7 heteroatoms. The van der Waals surface area contributed by atoms with E-state index in [-0.39, 0.29) is 12.6 Å². The van der Waals surface area contributed by atoms with Gasteiger partial charge in [0.05, 0.1) is 0 Å². The summed E-state index contributed by atoms with van der Waals surface area (Å²) in [6.45, 7) is 1.07. The molecule has 0 saturated carbocycles. The molecule has 2 N–H and O–H groups in total. The molecule has 1 aliphatic rings. The van der Waals surface area contributed by atoms with Crippen LogP contribution in [0.15, 0.2) is 23.1 Å². The van der Waals surface area contributed by atoms with Gasteiger partial charge in [-0.1, -0.05) is 0 Å². The van der Waals surface area contributed by atoms with Crippen LogP contribution in [0.25, 0.3) is 0 Å². The fraction of sp³-hybridized carbons (Fsp3) is 0.455. The third-order valence-corrected chi connectivity index (χ3v) is 4.32. The number of benzene rings is 1. The lowest BCUT2D eigenvalue weighted by molar-refractivity contribution is 0.532. The van der Waals surface area contributed by atoms with Gasteiger partial charge in [-0.3, -0.25) is 0 Å². The highest BCUT2D eigenvalue weighted by Gasteiger charge is 2.22. The van der Waals surface area contributed by atoms with E-state index in [1.165, 1.54) is 0 Å². The topological polar surface area (TPSA) is 58.2 Å². The number of hydrogen-bond acceptors (Lipinski definition) is 3. The third-order valence-electron chi connectivity index (χ3n) is 2.87. The van der Waals surface area contributed by atoms with Crippen molar-refractivity contribution in [3.05, 3.63) is 29.8 Å². The summed E-state index contributed by atoms with van der Waals surface area (Å²) in [5.41, 5.74) is 0. The van der Waals surface area contributed by atoms with E-state index in [0.717, 1.165) is 31.5 Å². The fourth-order valence-electron chi connectivity index (χ4n) is 1.91. The third kappa shape index (κ3) is 3.04. The molecule has 0 aliphatic carbocycles. The van der Waals surface area contributed by atoms with Crippen LogP contribution < -0.4 is 10.0 Å². The van der Waals surface area contributed by atoms with Gasteiger partial charge >= 0.3 is 0 Å². The van der Waals surface area contributed by atoms with E-state index in [9.17, 15) is 17.2 Å². The van der Waals surface area contributed by atoms with E-state index in [4.69, 9.17) is 0 Å². The first-order chi connectivity index (χ1) is 8.49. The summed E-state index contributed by atoms with van der Waals surface area (Å²) in [6.07, 6.45) is 1.88. The number of hydrogen-bond donors (Lipinski definition) is 2. The molecule has 1 fully saturated rings. The summed E-state index contributed by atoms with van der Waals surface area (Å²) in [6, 6.07) is 2.48. The van der Waals surface area contributed by atoms with Gasteiger partial charge in [0, 0.05) is 18.7 Å². The summed E-state index contributed by atoms with van der Waals surface area (Å²) in [5, 5.41) is 3.12. The molecule has 1 aliphatic heterocycles. The lowest BCUT2D eigenvalue weighted by atomic mass is 10.2. The Kier molecular flexibility index (Phi) is 3.94. The minimum atomic E-state index is -3.93. The Balaban J connectivity index is 2.09. The Bertz CT molecular complexity index is 528. The second-order valence-corrected chi connectivity index (χ2v) is 5.96. The second kappa shape index (κ2) is 5.29. The van der Waals surface area contributed by atoms with Gasteiger partial charge in [0.1, 0.15) is 16.5 Å². The van der Waals surface area contributed by atoms with Crippen molar-refractivity contribution in [1.29, 1.82) is 0 Å². The molecule has 1 atom stereocenters. The Morgan fingerprint density at radius 1 is 1.39 bits per heavy atom. The molecule has 1 aromatic rings. The summed E-state index contributed by atoms with van der Waals surface area (Å²) in [7, 11) is -3.93. The van der Waals surface area contributed by atoms with Crippen molar-refractivity contribution in [2.75, 3.05) is 13.1 Å². The molecule has 1 saturated heterocycles. The molecular formula is C11H14F2N2O2S. The van der Waals surface area contributed by atoms with Gasteiger partial charge in [0.25, 0.3) is 0 Å². The van der Waals surface area contributed by atoms with Crippen LogP contribution in [0.2, 0.25) is 0 Å². The average molecular weight is 276 g/mol. The van der Waals surface area contributed by atoms with E-state index in [2.05, 4.69) is 10.0 Å². The Morgan fingerprint density at radius 3 is 2.78 bits per heavy atom. The molecule has 18 heavy (non-hydrogen) atoms. The molecule has 0 amide bonds. The second-order valence-electron chi connectivity index (χ2n) is 4.22. The van der Waals surface area contributed by atoms with E-state index < -0.39 is 26.6 Å². The van der Waals surface area contributed by atoms with Crippen LogP contribution in [-0.4, -0.2) is 27.5 Å². The van der Waals surface area contributed by atoms with Crippen molar-refractivity contribution >= 4 is 10.0 Å². The van der Waals surface area contributed by atoms with Crippen LogP contribution in [-0.2, 0) is 10.0 Å². The number of sulfonamides is 1. The van der Waals surface area contributed by atoms with Crippen molar-refractivity contribution in [2.45, 2.75) is 23.8 Å². The van der Waals surface area contributed by atoms with Gasteiger partial charge in [0.15, 0.2) is 0 Å². The Labute approximate surface area is 104 Å². The molecule has 0 bridgehead atoms. The molecule has 4 nitrogen and oxygen atoms in total.